The maximum absolute atomic E-state index is 13.2. The van der Waals surface area contributed by atoms with Crippen LogP contribution in [0.5, 0.6) is 0 Å². The van der Waals surface area contributed by atoms with Gasteiger partial charge in [0, 0.05) is 16.8 Å². The van der Waals surface area contributed by atoms with Crippen LogP contribution in [0.15, 0.2) is 51.8 Å². The van der Waals surface area contributed by atoms with Crippen molar-refractivity contribution in [3.63, 3.8) is 0 Å². The quantitative estimate of drug-likeness (QED) is 0.653. The number of furan rings is 1. The maximum Gasteiger partial charge on any atom is 0.507 e. The second-order valence-corrected chi connectivity index (χ2v) is 10.3. The highest BCUT2D eigenvalue weighted by molar-refractivity contribution is 8.02. The summed E-state index contributed by atoms with van der Waals surface area (Å²) in [5.41, 5.74) is 1.13. The smallest absolute Gasteiger partial charge is 0.456 e. The molecule has 2 heterocycles. The van der Waals surface area contributed by atoms with Crippen LogP contribution in [0.1, 0.15) is 13.8 Å². The molecule has 0 unspecified atom stereocenters. The summed E-state index contributed by atoms with van der Waals surface area (Å²) >= 11 is 1.32. The number of rotatable bonds is 3. The average Bonchev–Trinajstić information content (AvgIpc) is 3.11. The molecule has 0 aliphatic carbocycles. The second-order valence-electron chi connectivity index (χ2n) is 6.76. The third kappa shape index (κ3) is 2.95. The number of thioether (sulfide) groups is 1. The van der Waals surface area contributed by atoms with Gasteiger partial charge in [0.25, 0.3) is 0 Å². The van der Waals surface area contributed by atoms with E-state index in [-0.39, 0.29) is 10.8 Å². The second kappa shape index (κ2) is 6.15. The molecule has 0 spiro atoms. The molecule has 1 atom stereocenters. The van der Waals surface area contributed by atoms with Gasteiger partial charge in [-0.25, -0.2) is 13.2 Å². The molecule has 1 N–H and O–H groups in total. The highest BCUT2D eigenvalue weighted by Crippen LogP contribution is 2.43. The highest BCUT2D eigenvalue weighted by atomic mass is 32.2. The van der Waals surface area contributed by atoms with Crippen molar-refractivity contribution in [1.29, 1.82) is 0 Å². The molecule has 142 valence electrons. The van der Waals surface area contributed by atoms with Crippen LogP contribution in [0, 0.1) is 0 Å². The van der Waals surface area contributed by atoms with Crippen molar-refractivity contribution in [2.75, 3.05) is 5.88 Å². The Balaban J connectivity index is 1.79. The molecule has 0 amide bonds. The van der Waals surface area contributed by atoms with E-state index >= 15 is 0 Å². The lowest BCUT2D eigenvalue weighted by atomic mass is 10.2. The molecule has 3 aromatic rings. The van der Waals surface area contributed by atoms with E-state index in [1.54, 1.807) is 19.9 Å². The Hall–Kier alpha value is -2.23. The summed E-state index contributed by atoms with van der Waals surface area (Å²) in [6, 6.07) is 12.1. The Kier molecular flexibility index (Phi) is 4.13. The molecule has 1 aromatic heterocycles. The van der Waals surface area contributed by atoms with E-state index in [0.29, 0.717) is 11.2 Å². The molecule has 4 rings (SSSR count). The zero-order valence-electron chi connectivity index (χ0n) is 14.6. The normalized spacial score (nSPS) is 20.3. The standard InChI is InChI=1S/C18H17NO6S2/c1-18(2)16(25-17(20)21)19(10-26-18)27(22,23)11-7-8-13-12-5-3-4-6-14(12)24-15(13)9-11/h3-9,16H,10H2,1-2H3,(H,20,21)/t16-/m1/s1. The van der Waals surface area contributed by atoms with Crippen molar-refractivity contribution in [3.8, 4) is 0 Å². The van der Waals surface area contributed by atoms with Crippen LogP contribution >= 0.6 is 11.8 Å². The first kappa shape index (κ1) is 18.1. The van der Waals surface area contributed by atoms with E-state index in [1.165, 1.54) is 23.9 Å². The summed E-state index contributed by atoms with van der Waals surface area (Å²) < 4.78 is 37.4. The molecule has 1 fully saturated rings. The largest absolute Gasteiger partial charge is 0.507 e. The first-order valence-corrected chi connectivity index (χ1v) is 10.6. The van der Waals surface area contributed by atoms with Crippen LogP contribution in [0.2, 0.25) is 0 Å². The van der Waals surface area contributed by atoms with Crippen molar-refractivity contribution >= 4 is 49.9 Å². The van der Waals surface area contributed by atoms with Gasteiger partial charge in [-0.2, -0.15) is 0 Å². The van der Waals surface area contributed by atoms with Crippen LogP contribution in [0.3, 0.4) is 0 Å². The molecular formula is C18H17NO6S2. The highest BCUT2D eigenvalue weighted by Gasteiger charge is 2.50. The number of hydrogen-bond acceptors (Lipinski definition) is 6. The average molecular weight is 407 g/mol. The van der Waals surface area contributed by atoms with E-state index in [1.807, 2.05) is 24.3 Å². The van der Waals surface area contributed by atoms with Gasteiger partial charge in [-0.3, -0.25) is 0 Å². The lowest BCUT2D eigenvalue weighted by Crippen LogP contribution is -2.46. The Morgan fingerprint density at radius 2 is 1.93 bits per heavy atom. The lowest BCUT2D eigenvalue weighted by molar-refractivity contribution is -0.00215. The van der Waals surface area contributed by atoms with Crippen LogP contribution < -0.4 is 0 Å². The van der Waals surface area contributed by atoms with Crippen molar-refractivity contribution in [2.24, 2.45) is 0 Å². The number of nitrogens with zero attached hydrogens (tertiary/aromatic N) is 1. The summed E-state index contributed by atoms with van der Waals surface area (Å²) in [5, 5.41) is 10.7. The van der Waals surface area contributed by atoms with Crippen LogP contribution in [-0.2, 0) is 14.8 Å². The van der Waals surface area contributed by atoms with Gasteiger partial charge in [0.15, 0.2) is 6.23 Å². The molecule has 0 saturated carbocycles. The molecule has 9 heteroatoms. The van der Waals surface area contributed by atoms with E-state index < -0.39 is 27.2 Å². The third-order valence-corrected chi connectivity index (χ3v) is 7.89. The molecular weight excluding hydrogens is 390 g/mol. The zero-order chi connectivity index (χ0) is 19.4. The number of para-hydroxylation sites is 1. The number of hydrogen-bond donors (Lipinski definition) is 1. The Morgan fingerprint density at radius 3 is 2.67 bits per heavy atom. The predicted molar refractivity (Wildman–Crippen MR) is 102 cm³/mol. The van der Waals surface area contributed by atoms with Gasteiger partial charge in [0.1, 0.15) is 11.2 Å². The summed E-state index contributed by atoms with van der Waals surface area (Å²) in [4.78, 5) is 11.1. The molecule has 1 aliphatic heterocycles. The van der Waals surface area contributed by atoms with Crippen LogP contribution in [0.4, 0.5) is 4.79 Å². The topological polar surface area (TPSA) is 97.0 Å². The molecule has 1 saturated heterocycles. The molecule has 2 aromatic carbocycles. The zero-order valence-corrected chi connectivity index (χ0v) is 16.2. The van der Waals surface area contributed by atoms with Crippen molar-refractivity contribution in [1.82, 2.24) is 4.31 Å². The first-order chi connectivity index (χ1) is 12.7. The van der Waals surface area contributed by atoms with Gasteiger partial charge in [-0.1, -0.05) is 18.2 Å². The summed E-state index contributed by atoms with van der Waals surface area (Å²) in [6.07, 6.45) is -2.63. The summed E-state index contributed by atoms with van der Waals surface area (Å²) in [5.74, 6) is 0.103. The van der Waals surface area contributed by atoms with E-state index in [4.69, 9.17) is 14.3 Å². The minimum Gasteiger partial charge on any atom is -0.456 e. The maximum atomic E-state index is 13.2. The van der Waals surface area contributed by atoms with Gasteiger partial charge < -0.3 is 14.3 Å². The molecule has 0 radical (unpaired) electrons. The molecule has 1 aliphatic rings. The van der Waals surface area contributed by atoms with Crippen molar-refractivity contribution in [2.45, 2.75) is 29.7 Å². The first-order valence-electron chi connectivity index (χ1n) is 8.17. The van der Waals surface area contributed by atoms with E-state index in [0.717, 1.165) is 15.1 Å². The van der Waals surface area contributed by atoms with Crippen molar-refractivity contribution < 1.29 is 27.5 Å². The number of carbonyl (C=O) groups is 1. The summed E-state index contributed by atoms with van der Waals surface area (Å²) in [6.45, 7) is 3.51. The Bertz CT molecular complexity index is 1150. The van der Waals surface area contributed by atoms with E-state index in [9.17, 15) is 13.2 Å². The van der Waals surface area contributed by atoms with Crippen LogP contribution in [0.25, 0.3) is 21.9 Å². The van der Waals surface area contributed by atoms with Gasteiger partial charge in [0.2, 0.25) is 10.0 Å². The Labute approximate surface area is 159 Å². The van der Waals surface area contributed by atoms with E-state index in [2.05, 4.69) is 0 Å². The minimum atomic E-state index is -3.97. The number of benzene rings is 2. The van der Waals surface area contributed by atoms with Gasteiger partial charge in [-0.05, 0) is 32.0 Å². The number of carboxylic acid groups (broad SMARTS) is 1. The fourth-order valence-electron chi connectivity index (χ4n) is 3.21. The van der Waals surface area contributed by atoms with Gasteiger partial charge in [0.05, 0.1) is 15.5 Å². The monoisotopic (exact) mass is 407 g/mol. The number of sulfonamides is 1. The molecule has 7 nitrogen and oxygen atoms in total. The third-order valence-electron chi connectivity index (χ3n) is 4.59. The molecule has 0 bridgehead atoms. The lowest BCUT2D eigenvalue weighted by Gasteiger charge is -2.29. The van der Waals surface area contributed by atoms with Crippen molar-refractivity contribution in [3.05, 3.63) is 42.5 Å². The number of ether oxygens (including phenoxy) is 1. The minimum absolute atomic E-state index is 0.0337. The summed E-state index contributed by atoms with van der Waals surface area (Å²) in [7, 11) is -3.97. The predicted octanol–water partition coefficient (Wildman–Crippen LogP) is 4.08. The van der Waals surface area contributed by atoms with Gasteiger partial charge in [-0.15, -0.1) is 16.1 Å². The fourth-order valence-corrected chi connectivity index (χ4v) is 6.23. The van der Waals surface area contributed by atoms with Crippen LogP contribution in [-0.4, -0.2) is 40.8 Å². The Morgan fingerprint density at radius 1 is 1.22 bits per heavy atom. The SMILES string of the molecule is CC1(C)SCN(S(=O)(=O)c2ccc3c(c2)oc2ccccc23)[C@@H]1OC(=O)O. The molecule has 27 heavy (non-hydrogen) atoms. The fraction of sp³-hybridized carbons (Fsp3) is 0.278. The van der Waals surface area contributed by atoms with Gasteiger partial charge >= 0.3 is 6.16 Å². The number of fused-ring (bicyclic) bond motifs is 3.